The van der Waals surface area contributed by atoms with E-state index in [1.165, 1.54) is 5.56 Å². The summed E-state index contributed by atoms with van der Waals surface area (Å²) in [4.78, 5) is 19.2. The van der Waals surface area contributed by atoms with Gasteiger partial charge in [0.25, 0.3) is 0 Å². The molecule has 0 spiro atoms. The number of ether oxygens (including phenoxy) is 1. The molecule has 1 unspecified atom stereocenters. The first-order valence-corrected chi connectivity index (χ1v) is 9.39. The Hall–Kier alpha value is -1.36. The molecule has 27 heavy (non-hydrogen) atoms. The van der Waals surface area contributed by atoms with Gasteiger partial charge in [0, 0.05) is 53.9 Å². The van der Waals surface area contributed by atoms with Gasteiger partial charge >= 0.3 is 6.09 Å². The van der Waals surface area contributed by atoms with Gasteiger partial charge in [-0.3, -0.25) is 4.98 Å². The van der Waals surface area contributed by atoms with Gasteiger partial charge in [-0.1, -0.05) is 36.4 Å². The van der Waals surface area contributed by atoms with E-state index in [0.717, 1.165) is 36.9 Å². The Morgan fingerprint density at radius 2 is 1.93 bits per heavy atom. The predicted octanol–water partition coefficient (Wildman–Crippen LogP) is 4.39. The third kappa shape index (κ3) is 6.34. The minimum absolute atomic E-state index is 0. The third-order valence-electron chi connectivity index (χ3n) is 4.67. The van der Waals surface area contributed by atoms with Crippen LogP contribution in [0.4, 0.5) is 4.79 Å². The minimum atomic E-state index is -0.485. The van der Waals surface area contributed by atoms with E-state index in [-0.39, 0.29) is 41.7 Å². The number of fused-ring (bicyclic) bond motifs is 1. The second-order valence-electron chi connectivity index (χ2n) is 7.95. The molecule has 1 aliphatic rings. The Balaban J connectivity index is 0.00000261. The molecule has 1 aromatic carbocycles. The van der Waals surface area contributed by atoms with Crippen LogP contribution in [-0.2, 0) is 24.1 Å². The van der Waals surface area contributed by atoms with Crippen LogP contribution in [0.15, 0.2) is 48.7 Å². The average Bonchev–Trinajstić information content (AvgIpc) is 2.60. The minimum Gasteiger partial charge on any atom is -0.444 e. The van der Waals surface area contributed by atoms with Crippen LogP contribution in [0.1, 0.15) is 50.4 Å². The summed E-state index contributed by atoms with van der Waals surface area (Å²) >= 11 is 0. The van der Waals surface area contributed by atoms with Crippen molar-refractivity contribution in [2.45, 2.75) is 64.6 Å². The standard InChI is InChI=1S/C22H28N2O2.Na/c1-22(2,3)26-21(25)24-16-18-12-8-14-23-20(18)15-19(24)13-7-11-17-9-5-4-6-10-17;/h4-6,8-10,12,14,19H,7,11,13,15-16H2,1-3H3;. The number of rotatable bonds is 4. The van der Waals surface area contributed by atoms with E-state index < -0.39 is 5.60 Å². The quantitative estimate of drug-likeness (QED) is 0.745. The second kappa shape index (κ2) is 9.72. The molecule has 5 heteroatoms. The fourth-order valence-corrected chi connectivity index (χ4v) is 3.42. The predicted molar refractivity (Wildman–Crippen MR) is 109 cm³/mol. The molecular formula is C22H28N2NaO2. The Bertz CT molecular complexity index is 743. The number of hydrogen-bond acceptors (Lipinski definition) is 3. The summed E-state index contributed by atoms with van der Waals surface area (Å²) < 4.78 is 5.65. The van der Waals surface area contributed by atoms with Crippen LogP contribution in [0, 0.1) is 0 Å². The Labute approximate surface area is 184 Å². The molecule has 0 aliphatic carbocycles. The van der Waals surface area contributed by atoms with E-state index >= 15 is 0 Å². The van der Waals surface area contributed by atoms with Crippen molar-refractivity contribution in [3.05, 3.63) is 65.5 Å². The molecular weight excluding hydrogens is 347 g/mol. The van der Waals surface area contributed by atoms with Gasteiger partial charge in [0.15, 0.2) is 0 Å². The fourth-order valence-electron chi connectivity index (χ4n) is 3.42. The summed E-state index contributed by atoms with van der Waals surface area (Å²) in [5.74, 6) is 0. The number of aryl methyl sites for hydroxylation is 1. The molecule has 2 heterocycles. The van der Waals surface area contributed by atoms with Crippen molar-refractivity contribution in [2.24, 2.45) is 0 Å². The molecule has 1 radical (unpaired) electrons. The molecule has 4 nitrogen and oxygen atoms in total. The SMILES string of the molecule is CC(C)(C)OC(=O)N1Cc2cccnc2CC1CCCc1ccccc1.[Na]. The monoisotopic (exact) mass is 375 g/mol. The molecule has 1 amide bonds. The molecule has 0 bridgehead atoms. The maximum atomic E-state index is 12.8. The number of hydrogen-bond donors (Lipinski definition) is 0. The van der Waals surface area contributed by atoms with Gasteiger partial charge in [-0.15, -0.1) is 0 Å². The average molecular weight is 375 g/mol. The number of nitrogens with zero attached hydrogens (tertiary/aromatic N) is 2. The zero-order valence-electron chi connectivity index (χ0n) is 16.9. The number of aromatic nitrogens is 1. The summed E-state index contributed by atoms with van der Waals surface area (Å²) in [5, 5.41) is 0. The van der Waals surface area contributed by atoms with Crippen molar-refractivity contribution >= 4 is 35.7 Å². The van der Waals surface area contributed by atoms with Gasteiger partial charge in [-0.05, 0) is 57.2 Å². The zero-order valence-corrected chi connectivity index (χ0v) is 18.9. The maximum absolute atomic E-state index is 12.8. The Morgan fingerprint density at radius 1 is 1.19 bits per heavy atom. The fraction of sp³-hybridized carbons (Fsp3) is 0.455. The van der Waals surface area contributed by atoms with Crippen molar-refractivity contribution < 1.29 is 9.53 Å². The van der Waals surface area contributed by atoms with Crippen LogP contribution >= 0.6 is 0 Å². The van der Waals surface area contributed by atoms with E-state index in [2.05, 4.69) is 35.3 Å². The summed E-state index contributed by atoms with van der Waals surface area (Å²) in [6, 6.07) is 14.6. The maximum Gasteiger partial charge on any atom is 0.410 e. The van der Waals surface area contributed by atoms with E-state index in [9.17, 15) is 4.79 Å². The second-order valence-corrected chi connectivity index (χ2v) is 7.95. The molecule has 0 saturated heterocycles. The van der Waals surface area contributed by atoms with Crippen LogP contribution in [0.2, 0.25) is 0 Å². The first-order chi connectivity index (χ1) is 12.4. The van der Waals surface area contributed by atoms with Crippen LogP contribution < -0.4 is 0 Å². The van der Waals surface area contributed by atoms with Gasteiger partial charge in [0.2, 0.25) is 0 Å². The Kier molecular flexibility index (Phi) is 7.90. The smallest absolute Gasteiger partial charge is 0.410 e. The van der Waals surface area contributed by atoms with E-state index in [1.807, 2.05) is 44.0 Å². The summed E-state index contributed by atoms with van der Waals surface area (Å²) in [7, 11) is 0. The molecule has 0 fully saturated rings. The normalized spacial score (nSPS) is 16.3. The Morgan fingerprint density at radius 3 is 2.63 bits per heavy atom. The summed E-state index contributed by atoms with van der Waals surface area (Å²) in [6.45, 7) is 6.31. The van der Waals surface area contributed by atoms with Crippen molar-refractivity contribution in [2.75, 3.05) is 0 Å². The van der Waals surface area contributed by atoms with Gasteiger partial charge in [-0.2, -0.15) is 0 Å². The van der Waals surface area contributed by atoms with Gasteiger partial charge in [0.05, 0.1) is 6.54 Å². The molecule has 139 valence electrons. The van der Waals surface area contributed by atoms with Crippen LogP contribution in [0.3, 0.4) is 0 Å². The molecule has 3 rings (SSSR count). The molecule has 2 aromatic rings. The third-order valence-corrected chi connectivity index (χ3v) is 4.67. The summed E-state index contributed by atoms with van der Waals surface area (Å²) in [5.41, 5.74) is 3.08. The number of benzene rings is 1. The topological polar surface area (TPSA) is 42.4 Å². The molecule has 0 saturated carbocycles. The molecule has 1 aromatic heterocycles. The van der Waals surface area contributed by atoms with Gasteiger partial charge in [-0.25, -0.2) is 4.79 Å². The van der Waals surface area contributed by atoms with E-state index in [4.69, 9.17) is 4.74 Å². The zero-order chi connectivity index (χ0) is 18.6. The number of pyridine rings is 1. The number of carbonyl (C=O) groups is 1. The van der Waals surface area contributed by atoms with E-state index in [1.54, 1.807) is 0 Å². The van der Waals surface area contributed by atoms with Crippen LogP contribution in [0.25, 0.3) is 0 Å². The van der Waals surface area contributed by atoms with Crippen LogP contribution in [0.5, 0.6) is 0 Å². The van der Waals surface area contributed by atoms with Crippen molar-refractivity contribution in [3.8, 4) is 0 Å². The van der Waals surface area contributed by atoms with Crippen molar-refractivity contribution in [3.63, 3.8) is 0 Å². The molecule has 1 atom stereocenters. The van der Waals surface area contributed by atoms with Gasteiger partial charge < -0.3 is 9.64 Å². The van der Waals surface area contributed by atoms with Crippen molar-refractivity contribution in [1.29, 1.82) is 0 Å². The molecule has 0 N–H and O–H groups in total. The van der Waals surface area contributed by atoms with Crippen molar-refractivity contribution in [1.82, 2.24) is 9.88 Å². The first-order valence-electron chi connectivity index (χ1n) is 9.39. The number of amides is 1. The first kappa shape index (κ1) is 21.9. The largest absolute Gasteiger partial charge is 0.444 e. The van der Waals surface area contributed by atoms with Crippen LogP contribution in [-0.4, -0.2) is 57.2 Å². The number of carbonyl (C=O) groups excluding carboxylic acids is 1. The van der Waals surface area contributed by atoms with E-state index in [0.29, 0.717) is 6.54 Å². The summed E-state index contributed by atoms with van der Waals surface area (Å²) in [6.07, 6.45) is 5.42. The molecule has 1 aliphatic heterocycles. The van der Waals surface area contributed by atoms with Gasteiger partial charge in [0.1, 0.15) is 5.60 Å².